The molecule has 2 aromatic rings. The van der Waals surface area contributed by atoms with Gasteiger partial charge in [0.05, 0.1) is 0 Å². The third-order valence-electron chi connectivity index (χ3n) is 3.11. The molecule has 0 spiro atoms. The molecular weight excluding hydrogens is 260 g/mol. The first-order valence-corrected chi connectivity index (χ1v) is 6.63. The number of nitrogens with zero attached hydrogens (tertiary/aromatic N) is 1. The molecule has 0 atom stereocenters. The Morgan fingerprint density at radius 1 is 0.950 bits per heavy atom. The van der Waals surface area contributed by atoms with Crippen molar-refractivity contribution >= 4 is 11.4 Å². The summed E-state index contributed by atoms with van der Waals surface area (Å²) in [5.74, 6) is -1.54. The van der Waals surface area contributed by atoms with E-state index in [4.69, 9.17) is 0 Å². The van der Waals surface area contributed by atoms with Crippen LogP contribution in [-0.4, -0.2) is 11.7 Å². The van der Waals surface area contributed by atoms with Crippen LogP contribution in [-0.2, 0) is 0 Å². The zero-order valence-electron chi connectivity index (χ0n) is 11.3. The van der Waals surface area contributed by atoms with Gasteiger partial charge in [0.1, 0.15) is 5.75 Å². The van der Waals surface area contributed by atoms with Crippen LogP contribution in [0.1, 0.15) is 19.8 Å². The molecule has 0 heterocycles. The van der Waals surface area contributed by atoms with Crippen molar-refractivity contribution in [2.45, 2.75) is 19.8 Å². The molecule has 0 aliphatic carbocycles. The lowest BCUT2D eigenvalue weighted by Crippen LogP contribution is -2.18. The van der Waals surface area contributed by atoms with Gasteiger partial charge in [-0.15, -0.1) is 0 Å². The van der Waals surface area contributed by atoms with E-state index < -0.39 is 11.6 Å². The summed E-state index contributed by atoms with van der Waals surface area (Å²) in [6.07, 6.45) is 1.93. The predicted molar refractivity (Wildman–Crippen MR) is 76.4 cm³/mol. The van der Waals surface area contributed by atoms with Gasteiger partial charge in [-0.2, -0.15) is 0 Å². The summed E-state index contributed by atoms with van der Waals surface area (Å²) < 4.78 is 26.4. The van der Waals surface area contributed by atoms with Crippen LogP contribution in [0.25, 0.3) is 0 Å². The molecule has 0 radical (unpaired) electrons. The molecule has 0 fully saturated rings. The molecule has 1 N–H and O–H groups in total. The Balaban J connectivity index is 2.35. The van der Waals surface area contributed by atoms with E-state index in [9.17, 15) is 13.9 Å². The van der Waals surface area contributed by atoms with E-state index in [-0.39, 0.29) is 5.75 Å². The summed E-state index contributed by atoms with van der Waals surface area (Å²) in [5, 5.41) is 9.34. The largest absolute Gasteiger partial charge is 0.508 e. The summed E-state index contributed by atoms with van der Waals surface area (Å²) in [5.41, 5.74) is 1.44. The Morgan fingerprint density at radius 3 is 2.20 bits per heavy atom. The van der Waals surface area contributed by atoms with Crippen LogP contribution < -0.4 is 4.90 Å². The Bertz CT molecular complexity index is 569. The van der Waals surface area contributed by atoms with Gasteiger partial charge in [-0.3, -0.25) is 0 Å². The minimum atomic E-state index is -0.859. The Morgan fingerprint density at radius 2 is 1.60 bits per heavy atom. The second kappa shape index (κ2) is 6.37. The highest BCUT2D eigenvalue weighted by Gasteiger charge is 2.11. The van der Waals surface area contributed by atoms with Crippen LogP contribution >= 0.6 is 0 Å². The van der Waals surface area contributed by atoms with Crippen LogP contribution in [0.2, 0.25) is 0 Å². The number of rotatable bonds is 5. The van der Waals surface area contributed by atoms with E-state index in [2.05, 4.69) is 6.92 Å². The predicted octanol–water partition coefficient (Wildman–Crippen LogP) is 4.61. The lowest BCUT2D eigenvalue weighted by Gasteiger charge is -2.25. The van der Waals surface area contributed by atoms with Crippen molar-refractivity contribution in [1.82, 2.24) is 0 Å². The van der Waals surface area contributed by atoms with Gasteiger partial charge in [0.2, 0.25) is 0 Å². The standard InChI is InChI=1S/C16H17F2NO/c1-2-3-10-19(12-4-7-14(20)8-5-12)13-6-9-15(17)16(18)11-13/h4-9,11,20H,2-3,10H2,1H3. The normalized spacial score (nSPS) is 10.6. The van der Waals surface area contributed by atoms with E-state index in [0.717, 1.165) is 24.6 Å². The molecule has 0 bridgehead atoms. The van der Waals surface area contributed by atoms with E-state index >= 15 is 0 Å². The average Bonchev–Trinajstić information content (AvgIpc) is 2.45. The highest BCUT2D eigenvalue weighted by Crippen LogP contribution is 2.28. The smallest absolute Gasteiger partial charge is 0.160 e. The molecule has 0 aliphatic rings. The molecule has 0 saturated heterocycles. The molecule has 2 rings (SSSR count). The van der Waals surface area contributed by atoms with Crippen LogP contribution in [0.3, 0.4) is 0 Å². The Labute approximate surface area is 117 Å². The lowest BCUT2D eigenvalue weighted by atomic mass is 10.2. The van der Waals surface area contributed by atoms with Crippen LogP contribution in [0, 0.1) is 11.6 Å². The Kier molecular flexibility index (Phi) is 4.56. The number of halogens is 2. The molecule has 0 saturated carbocycles. The summed E-state index contributed by atoms with van der Waals surface area (Å²) in [6.45, 7) is 2.77. The van der Waals surface area contributed by atoms with E-state index in [1.54, 1.807) is 30.3 Å². The van der Waals surface area contributed by atoms with Gasteiger partial charge >= 0.3 is 0 Å². The van der Waals surface area contributed by atoms with Gasteiger partial charge in [-0.05, 0) is 42.8 Å². The number of hydrogen-bond acceptors (Lipinski definition) is 2. The van der Waals surface area contributed by atoms with Crippen LogP contribution in [0.4, 0.5) is 20.2 Å². The van der Waals surface area contributed by atoms with E-state index in [0.29, 0.717) is 12.2 Å². The minimum Gasteiger partial charge on any atom is -0.508 e. The fourth-order valence-electron chi connectivity index (χ4n) is 2.01. The van der Waals surface area contributed by atoms with Gasteiger partial charge in [0.25, 0.3) is 0 Å². The summed E-state index contributed by atoms with van der Waals surface area (Å²) in [6, 6.07) is 10.5. The molecule has 2 nitrogen and oxygen atoms in total. The first-order chi connectivity index (χ1) is 9.61. The molecule has 106 valence electrons. The van der Waals surface area contributed by atoms with Gasteiger partial charge in [-0.25, -0.2) is 8.78 Å². The molecule has 20 heavy (non-hydrogen) atoms. The minimum absolute atomic E-state index is 0.175. The number of aromatic hydroxyl groups is 1. The molecule has 0 amide bonds. The van der Waals surface area contributed by atoms with Gasteiger partial charge in [0, 0.05) is 24.0 Å². The first-order valence-electron chi connectivity index (χ1n) is 6.63. The first kappa shape index (κ1) is 14.3. The van der Waals surface area contributed by atoms with Gasteiger partial charge in [0.15, 0.2) is 11.6 Å². The van der Waals surface area contributed by atoms with Crippen molar-refractivity contribution in [2.24, 2.45) is 0 Å². The number of phenolic OH excluding ortho intramolecular Hbond substituents is 1. The summed E-state index contributed by atoms with van der Waals surface area (Å²) in [4.78, 5) is 1.91. The van der Waals surface area contributed by atoms with Crippen molar-refractivity contribution < 1.29 is 13.9 Å². The average molecular weight is 277 g/mol. The maximum absolute atomic E-state index is 13.4. The quantitative estimate of drug-likeness (QED) is 0.862. The van der Waals surface area contributed by atoms with Crippen LogP contribution in [0.15, 0.2) is 42.5 Å². The SMILES string of the molecule is CCCCN(c1ccc(O)cc1)c1ccc(F)c(F)c1. The summed E-state index contributed by atoms with van der Waals surface area (Å²) in [7, 11) is 0. The van der Waals surface area contributed by atoms with Crippen molar-refractivity contribution in [1.29, 1.82) is 0 Å². The fraction of sp³-hybridized carbons (Fsp3) is 0.250. The van der Waals surface area contributed by atoms with Gasteiger partial charge < -0.3 is 10.0 Å². The van der Waals surface area contributed by atoms with Crippen molar-refractivity contribution in [3.8, 4) is 5.75 Å². The van der Waals surface area contributed by atoms with E-state index in [1.165, 1.54) is 6.07 Å². The van der Waals surface area contributed by atoms with Crippen molar-refractivity contribution in [3.63, 3.8) is 0 Å². The second-order valence-corrected chi connectivity index (χ2v) is 4.62. The number of phenols is 1. The monoisotopic (exact) mass is 277 g/mol. The maximum Gasteiger partial charge on any atom is 0.160 e. The second-order valence-electron chi connectivity index (χ2n) is 4.62. The van der Waals surface area contributed by atoms with Gasteiger partial charge in [-0.1, -0.05) is 13.3 Å². The third-order valence-corrected chi connectivity index (χ3v) is 3.11. The lowest BCUT2D eigenvalue weighted by molar-refractivity contribution is 0.475. The molecule has 0 unspecified atom stereocenters. The van der Waals surface area contributed by atoms with Crippen LogP contribution in [0.5, 0.6) is 5.75 Å². The highest BCUT2D eigenvalue weighted by atomic mass is 19.2. The Hall–Kier alpha value is -2.10. The van der Waals surface area contributed by atoms with Crippen molar-refractivity contribution in [3.05, 3.63) is 54.1 Å². The van der Waals surface area contributed by atoms with Crippen molar-refractivity contribution in [2.75, 3.05) is 11.4 Å². The zero-order chi connectivity index (χ0) is 14.5. The number of hydrogen-bond donors (Lipinski definition) is 1. The number of anilines is 2. The third kappa shape index (κ3) is 3.26. The molecule has 0 aliphatic heterocycles. The molecule has 4 heteroatoms. The van der Waals surface area contributed by atoms with E-state index in [1.807, 2.05) is 4.90 Å². The zero-order valence-corrected chi connectivity index (χ0v) is 11.3. The fourth-order valence-corrected chi connectivity index (χ4v) is 2.01. The molecular formula is C16H17F2NO. The highest BCUT2D eigenvalue weighted by molar-refractivity contribution is 5.63. The summed E-state index contributed by atoms with van der Waals surface area (Å²) >= 11 is 0. The molecule has 2 aromatic carbocycles. The molecule has 0 aromatic heterocycles. The maximum atomic E-state index is 13.4. The number of benzene rings is 2. The topological polar surface area (TPSA) is 23.5 Å². The number of unbranched alkanes of at least 4 members (excludes halogenated alkanes) is 1.